The number of sulfonamides is 1. The Hall–Kier alpha value is -1.18. The second kappa shape index (κ2) is 5.55. The van der Waals surface area contributed by atoms with E-state index in [9.17, 15) is 8.42 Å². The van der Waals surface area contributed by atoms with E-state index in [-0.39, 0.29) is 10.3 Å². The molecule has 1 N–H and O–H groups in total. The normalized spacial score (nSPS) is 22.5. The fourth-order valence-corrected chi connectivity index (χ4v) is 4.75. The molecule has 0 bridgehead atoms. The van der Waals surface area contributed by atoms with Crippen LogP contribution in [-0.2, 0) is 10.0 Å². The van der Waals surface area contributed by atoms with Crippen LogP contribution in [0.3, 0.4) is 0 Å². The highest BCUT2D eigenvalue weighted by atomic mass is 32.2. The predicted molar refractivity (Wildman–Crippen MR) is 78.7 cm³/mol. The third-order valence-corrected chi connectivity index (χ3v) is 6.45. The molecule has 0 amide bonds. The summed E-state index contributed by atoms with van der Waals surface area (Å²) in [6, 6.07) is 3.15. The maximum absolute atomic E-state index is 12.7. The zero-order chi connectivity index (χ0) is 14.9. The highest BCUT2D eigenvalue weighted by molar-refractivity contribution is 7.89. The van der Waals surface area contributed by atoms with Crippen LogP contribution in [0.25, 0.3) is 0 Å². The number of methoxy groups -OCH3 is 1. The van der Waals surface area contributed by atoms with Gasteiger partial charge in [-0.15, -0.1) is 0 Å². The van der Waals surface area contributed by atoms with Crippen molar-refractivity contribution in [1.82, 2.24) is 14.6 Å². The molecule has 2 aliphatic heterocycles. The fraction of sp³-hybridized carbons (Fsp3) is 0.643. The number of ether oxygens (including phenoxy) is 1. The lowest BCUT2D eigenvalue weighted by atomic mass is 9.78. The third kappa shape index (κ3) is 2.77. The van der Waals surface area contributed by atoms with Crippen LogP contribution < -0.4 is 10.1 Å². The maximum Gasteiger partial charge on any atom is 0.244 e. The van der Waals surface area contributed by atoms with Gasteiger partial charge in [-0.2, -0.15) is 4.31 Å². The summed E-state index contributed by atoms with van der Waals surface area (Å²) in [6.07, 6.45) is 4.44. The molecule has 2 fully saturated rings. The Morgan fingerprint density at radius 3 is 2.67 bits per heavy atom. The van der Waals surface area contributed by atoms with Crippen molar-refractivity contribution in [1.29, 1.82) is 0 Å². The van der Waals surface area contributed by atoms with Crippen molar-refractivity contribution in [2.75, 3.05) is 33.3 Å². The summed E-state index contributed by atoms with van der Waals surface area (Å²) in [5.41, 5.74) is 0.165. The monoisotopic (exact) mass is 311 g/mol. The lowest BCUT2D eigenvalue weighted by Gasteiger charge is -2.33. The molecule has 3 rings (SSSR count). The van der Waals surface area contributed by atoms with E-state index in [0.717, 1.165) is 32.4 Å². The molecule has 1 aromatic rings. The van der Waals surface area contributed by atoms with E-state index in [1.807, 2.05) is 0 Å². The van der Waals surface area contributed by atoms with Gasteiger partial charge in [0.2, 0.25) is 15.9 Å². The van der Waals surface area contributed by atoms with Crippen molar-refractivity contribution < 1.29 is 13.2 Å². The Morgan fingerprint density at radius 2 is 2.05 bits per heavy atom. The summed E-state index contributed by atoms with van der Waals surface area (Å²) in [5.74, 6) is 0.421. The molecule has 0 radical (unpaired) electrons. The second-order valence-electron chi connectivity index (χ2n) is 5.87. The zero-order valence-corrected chi connectivity index (χ0v) is 13.0. The predicted octanol–water partition coefficient (Wildman–Crippen LogP) is 0.854. The molecule has 2 saturated heterocycles. The average Bonchev–Trinajstić information content (AvgIpc) is 2.92. The topological polar surface area (TPSA) is 71.5 Å². The van der Waals surface area contributed by atoms with Crippen LogP contribution in [-0.4, -0.2) is 51.0 Å². The molecule has 0 unspecified atom stereocenters. The van der Waals surface area contributed by atoms with Gasteiger partial charge in [-0.3, -0.25) is 0 Å². The maximum atomic E-state index is 12.7. The summed E-state index contributed by atoms with van der Waals surface area (Å²) in [7, 11) is -1.93. The average molecular weight is 311 g/mol. The highest BCUT2D eigenvalue weighted by Crippen LogP contribution is 2.40. The number of nitrogens with zero attached hydrogens (tertiary/aromatic N) is 2. The van der Waals surface area contributed by atoms with Gasteiger partial charge in [0, 0.05) is 19.2 Å². The smallest absolute Gasteiger partial charge is 0.244 e. The Morgan fingerprint density at radius 1 is 1.29 bits per heavy atom. The van der Waals surface area contributed by atoms with Crippen molar-refractivity contribution in [2.45, 2.75) is 24.2 Å². The van der Waals surface area contributed by atoms with Gasteiger partial charge in [-0.1, -0.05) is 0 Å². The third-order valence-electron chi connectivity index (χ3n) is 4.62. The first kappa shape index (κ1) is 14.7. The molecular weight excluding hydrogens is 290 g/mol. The summed E-state index contributed by atoms with van der Waals surface area (Å²) in [4.78, 5) is 4.25. The van der Waals surface area contributed by atoms with E-state index in [1.54, 1.807) is 16.4 Å². The number of aromatic nitrogens is 1. The zero-order valence-electron chi connectivity index (χ0n) is 12.2. The Kier molecular flexibility index (Phi) is 3.90. The van der Waals surface area contributed by atoms with Gasteiger partial charge in [0.1, 0.15) is 4.90 Å². The standard InChI is InChI=1S/C14H21N3O3S/c1-20-13-3-2-12(10-16-13)21(18,19)17-9-6-14(11-17)4-7-15-8-5-14/h2-3,10,15H,4-9,11H2,1H3. The molecule has 7 heteroatoms. The van der Waals surface area contributed by atoms with Gasteiger partial charge < -0.3 is 10.1 Å². The van der Waals surface area contributed by atoms with Crippen molar-refractivity contribution in [3.8, 4) is 5.88 Å². The van der Waals surface area contributed by atoms with Gasteiger partial charge in [0.05, 0.1) is 13.3 Å². The molecule has 21 heavy (non-hydrogen) atoms. The van der Waals surface area contributed by atoms with Crippen LogP contribution >= 0.6 is 0 Å². The van der Waals surface area contributed by atoms with Crippen molar-refractivity contribution in [3.63, 3.8) is 0 Å². The summed E-state index contributed by atoms with van der Waals surface area (Å²) >= 11 is 0. The van der Waals surface area contributed by atoms with Gasteiger partial charge in [-0.25, -0.2) is 13.4 Å². The van der Waals surface area contributed by atoms with Gasteiger partial charge in [-0.05, 0) is 43.8 Å². The van der Waals surface area contributed by atoms with Crippen LogP contribution in [0.4, 0.5) is 0 Å². The van der Waals surface area contributed by atoms with Crippen LogP contribution in [0.15, 0.2) is 23.2 Å². The summed E-state index contributed by atoms with van der Waals surface area (Å²) in [6.45, 7) is 3.20. The van der Waals surface area contributed by atoms with Gasteiger partial charge in [0.15, 0.2) is 0 Å². The molecule has 116 valence electrons. The second-order valence-corrected chi connectivity index (χ2v) is 7.81. The molecule has 1 aromatic heterocycles. The van der Waals surface area contributed by atoms with Crippen LogP contribution in [0.1, 0.15) is 19.3 Å². The minimum Gasteiger partial charge on any atom is -0.481 e. The minimum atomic E-state index is -3.44. The van der Waals surface area contributed by atoms with E-state index < -0.39 is 10.0 Å². The van der Waals surface area contributed by atoms with E-state index in [0.29, 0.717) is 19.0 Å². The largest absolute Gasteiger partial charge is 0.481 e. The molecule has 0 atom stereocenters. The number of piperidine rings is 1. The summed E-state index contributed by atoms with van der Waals surface area (Å²) in [5, 5.41) is 3.34. The van der Waals surface area contributed by atoms with Crippen molar-refractivity contribution in [3.05, 3.63) is 18.3 Å². The van der Waals surface area contributed by atoms with Crippen LogP contribution in [0, 0.1) is 5.41 Å². The number of hydrogen-bond donors (Lipinski definition) is 1. The molecule has 2 aliphatic rings. The van der Waals surface area contributed by atoms with Crippen molar-refractivity contribution in [2.24, 2.45) is 5.41 Å². The van der Waals surface area contributed by atoms with E-state index >= 15 is 0 Å². The number of nitrogens with one attached hydrogen (secondary N) is 1. The van der Waals surface area contributed by atoms with E-state index in [2.05, 4.69) is 10.3 Å². The first-order chi connectivity index (χ1) is 10.1. The molecule has 0 aromatic carbocycles. The Bertz CT molecular complexity index is 594. The van der Waals surface area contributed by atoms with Crippen LogP contribution in [0.2, 0.25) is 0 Å². The van der Waals surface area contributed by atoms with Gasteiger partial charge >= 0.3 is 0 Å². The lowest BCUT2D eigenvalue weighted by Crippen LogP contribution is -2.39. The number of rotatable bonds is 3. The van der Waals surface area contributed by atoms with E-state index in [1.165, 1.54) is 13.3 Å². The number of hydrogen-bond acceptors (Lipinski definition) is 5. The molecule has 0 saturated carbocycles. The van der Waals surface area contributed by atoms with Crippen molar-refractivity contribution >= 4 is 10.0 Å². The van der Waals surface area contributed by atoms with Crippen LogP contribution in [0.5, 0.6) is 5.88 Å². The molecule has 1 spiro atoms. The molecule has 3 heterocycles. The Balaban J connectivity index is 1.79. The quantitative estimate of drug-likeness (QED) is 0.896. The number of pyridine rings is 1. The molecule has 6 nitrogen and oxygen atoms in total. The highest BCUT2D eigenvalue weighted by Gasteiger charge is 2.43. The first-order valence-electron chi connectivity index (χ1n) is 7.27. The molecule has 0 aliphatic carbocycles. The summed E-state index contributed by atoms with van der Waals surface area (Å²) < 4.78 is 32.0. The SMILES string of the molecule is COc1ccc(S(=O)(=O)N2CCC3(CCNCC3)C2)cn1. The van der Waals surface area contributed by atoms with E-state index in [4.69, 9.17) is 4.74 Å². The minimum absolute atomic E-state index is 0.165. The lowest BCUT2D eigenvalue weighted by molar-refractivity contribution is 0.218. The fourth-order valence-electron chi connectivity index (χ4n) is 3.25. The Labute approximate surface area is 125 Å². The first-order valence-corrected chi connectivity index (χ1v) is 8.71. The van der Waals surface area contributed by atoms with Gasteiger partial charge in [0.25, 0.3) is 0 Å². The molecular formula is C14H21N3O3S.